The van der Waals surface area contributed by atoms with Crippen molar-refractivity contribution in [2.24, 2.45) is 0 Å². The fourth-order valence-corrected chi connectivity index (χ4v) is 4.02. The van der Waals surface area contributed by atoms with Gasteiger partial charge >= 0.3 is 0 Å². The molecule has 28 heavy (non-hydrogen) atoms. The molecule has 0 bridgehead atoms. The predicted octanol–water partition coefficient (Wildman–Crippen LogP) is 4.42. The van der Waals surface area contributed by atoms with Gasteiger partial charge in [-0.05, 0) is 38.4 Å². The largest absolute Gasteiger partial charge is 0.454 e. The number of aromatic nitrogens is 1. The van der Waals surface area contributed by atoms with E-state index >= 15 is 0 Å². The highest BCUT2D eigenvalue weighted by Gasteiger charge is 2.23. The average Bonchev–Trinajstić information content (AvgIpc) is 3.25. The van der Waals surface area contributed by atoms with Gasteiger partial charge in [0.1, 0.15) is 0 Å². The zero-order chi connectivity index (χ0) is 19.0. The van der Waals surface area contributed by atoms with Crippen LogP contribution in [0.15, 0.2) is 40.9 Å². The quantitative estimate of drug-likeness (QED) is 0.537. The van der Waals surface area contributed by atoms with Crippen LogP contribution in [-0.2, 0) is 0 Å². The molecule has 0 unspecified atom stereocenters. The molecule has 1 aromatic heterocycles. The molecule has 0 atom stereocenters. The van der Waals surface area contributed by atoms with Crippen molar-refractivity contribution < 1.29 is 14.3 Å². The van der Waals surface area contributed by atoms with E-state index in [2.05, 4.69) is 15.9 Å². The lowest BCUT2D eigenvalue weighted by Gasteiger charge is -2.22. The number of nitrogens with zero attached hydrogens (tertiary/aromatic N) is 3. The molecular weight excluding hydrogens is 466 g/mol. The Bertz CT molecular complexity index is 953. The lowest BCUT2D eigenvalue weighted by molar-refractivity contribution is 0.0985. The molecule has 4 rings (SSSR count). The number of ether oxygens (including phenoxy) is 2. The predicted molar refractivity (Wildman–Crippen MR) is 117 cm³/mol. The third kappa shape index (κ3) is 4.25. The monoisotopic (exact) mass is 483 g/mol. The Morgan fingerprint density at radius 1 is 1.14 bits per heavy atom. The molecule has 9 heteroatoms. The van der Waals surface area contributed by atoms with Gasteiger partial charge in [-0.15, -0.1) is 12.4 Å². The summed E-state index contributed by atoms with van der Waals surface area (Å²) in [7, 11) is 3.97. The highest BCUT2D eigenvalue weighted by atomic mass is 79.9. The summed E-state index contributed by atoms with van der Waals surface area (Å²) in [5, 5.41) is 0.670. The van der Waals surface area contributed by atoms with Gasteiger partial charge in [0.25, 0.3) is 5.91 Å². The van der Waals surface area contributed by atoms with Gasteiger partial charge in [-0.25, -0.2) is 4.98 Å². The molecule has 0 saturated carbocycles. The first kappa shape index (κ1) is 20.9. The SMILES string of the molecule is CN(C)CCN(C(=O)c1ccc(Br)cc1)c1nc2cc3c(cc2s1)OCO3.Cl. The minimum Gasteiger partial charge on any atom is -0.454 e. The van der Waals surface area contributed by atoms with E-state index in [9.17, 15) is 4.79 Å². The van der Waals surface area contributed by atoms with Gasteiger partial charge in [0.2, 0.25) is 6.79 Å². The van der Waals surface area contributed by atoms with Crippen LogP contribution in [0.4, 0.5) is 5.13 Å². The van der Waals surface area contributed by atoms with Crippen LogP contribution in [0, 0.1) is 0 Å². The van der Waals surface area contributed by atoms with Crippen LogP contribution in [-0.4, -0.2) is 49.8 Å². The summed E-state index contributed by atoms with van der Waals surface area (Å²) in [6.07, 6.45) is 0. The van der Waals surface area contributed by atoms with Crippen molar-refractivity contribution in [3.63, 3.8) is 0 Å². The van der Waals surface area contributed by atoms with Crippen molar-refractivity contribution in [1.29, 1.82) is 0 Å². The van der Waals surface area contributed by atoms with Crippen molar-refractivity contribution in [2.75, 3.05) is 38.9 Å². The second kappa shape index (κ2) is 8.65. The fraction of sp³-hybridized carbons (Fsp3) is 0.263. The summed E-state index contributed by atoms with van der Waals surface area (Å²) in [4.78, 5) is 21.6. The van der Waals surface area contributed by atoms with E-state index in [0.29, 0.717) is 23.0 Å². The summed E-state index contributed by atoms with van der Waals surface area (Å²) < 4.78 is 12.8. The van der Waals surface area contributed by atoms with Crippen molar-refractivity contribution in [1.82, 2.24) is 9.88 Å². The Kier molecular flexibility index (Phi) is 6.44. The van der Waals surface area contributed by atoms with Crippen molar-refractivity contribution in [2.45, 2.75) is 0 Å². The third-order valence-electron chi connectivity index (χ3n) is 4.21. The second-order valence-electron chi connectivity index (χ2n) is 6.44. The molecule has 0 saturated heterocycles. The number of carbonyl (C=O) groups is 1. The molecular formula is C19H19BrClN3O3S. The minimum atomic E-state index is -0.0663. The number of amides is 1. The lowest BCUT2D eigenvalue weighted by Crippen LogP contribution is -2.36. The second-order valence-corrected chi connectivity index (χ2v) is 8.36. The zero-order valence-corrected chi connectivity index (χ0v) is 18.6. The Labute approximate surface area is 181 Å². The molecule has 0 N–H and O–H groups in total. The first-order valence-electron chi connectivity index (χ1n) is 8.43. The molecule has 3 aromatic rings. The van der Waals surface area contributed by atoms with E-state index in [-0.39, 0.29) is 25.1 Å². The highest BCUT2D eigenvalue weighted by molar-refractivity contribution is 9.10. The Morgan fingerprint density at radius 2 is 1.82 bits per heavy atom. The van der Waals surface area contributed by atoms with Gasteiger partial charge in [0, 0.05) is 35.3 Å². The first-order valence-corrected chi connectivity index (χ1v) is 10.0. The van der Waals surface area contributed by atoms with Gasteiger partial charge < -0.3 is 14.4 Å². The minimum absolute atomic E-state index is 0. The number of benzene rings is 2. The normalized spacial score (nSPS) is 12.3. The Balaban J connectivity index is 0.00000225. The summed E-state index contributed by atoms with van der Waals surface area (Å²) in [6, 6.07) is 11.2. The van der Waals surface area contributed by atoms with Crippen LogP contribution in [0.1, 0.15) is 10.4 Å². The summed E-state index contributed by atoms with van der Waals surface area (Å²) in [5.41, 5.74) is 1.43. The highest BCUT2D eigenvalue weighted by Crippen LogP contribution is 2.40. The molecule has 2 heterocycles. The van der Waals surface area contributed by atoms with Gasteiger partial charge in [-0.2, -0.15) is 0 Å². The van der Waals surface area contributed by atoms with Crippen molar-refractivity contribution in [3.05, 3.63) is 46.4 Å². The molecule has 1 aliphatic heterocycles. The number of carbonyl (C=O) groups excluding carboxylic acids is 1. The van der Waals surface area contributed by atoms with Crippen LogP contribution >= 0.6 is 39.7 Å². The van der Waals surface area contributed by atoms with E-state index in [1.54, 1.807) is 4.90 Å². The number of rotatable bonds is 5. The zero-order valence-electron chi connectivity index (χ0n) is 15.3. The molecule has 1 amide bonds. The maximum Gasteiger partial charge on any atom is 0.260 e. The van der Waals surface area contributed by atoms with Crippen molar-refractivity contribution >= 4 is 60.9 Å². The topological polar surface area (TPSA) is 54.9 Å². The Morgan fingerprint density at radius 3 is 2.50 bits per heavy atom. The summed E-state index contributed by atoms with van der Waals surface area (Å²) in [6.45, 7) is 1.52. The molecule has 0 radical (unpaired) electrons. The maximum atomic E-state index is 13.2. The van der Waals surface area contributed by atoms with E-state index in [4.69, 9.17) is 14.5 Å². The third-order valence-corrected chi connectivity index (χ3v) is 5.78. The van der Waals surface area contributed by atoms with Crippen molar-refractivity contribution in [3.8, 4) is 11.5 Å². The lowest BCUT2D eigenvalue weighted by atomic mass is 10.2. The average molecular weight is 485 g/mol. The van der Waals surface area contributed by atoms with Crippen LogP contribution in [0.25, 0.3) is 10.2 Å². The molecule has 1 aliphatic rings. The van der Waals surface area contributed by atoms with Crippen LogP contribution in [0.3, 0.4) is 0 Å². The van der Waals surface area contributed by atoms with Crippen LogP contribution < -0.4 is 14.4 Å². The molecule has 0 aliphatic carbocycles. The Hall–Kier alpha value is -1.87. The van der Waals surface area contributed by atoms with E-state index in [1.165, 1.54) is 11.3 Å². The number of likely N-dealkylation sites (N-methyl/N-ethyl adjacent to an activating group) is 1. The van der Waals surface area contributed by atoms with Gasteiger partial charge in [-0.1, -0.05) is 27.3 Å². The van der Waals surface area contributed by atoms with E-state index in [0.717, 1.165) is 27.0 Å². The molecule has 2 aromatic carbocycles. The number of fused-ring (bicyclic) bond motifs is 2. The van der Waals surface area contributed by atoms with Gasteiger partial charge in [0.15, 0.2) is 16.6 Å². The van der Waals surface area contributed by atoms with Crippen LogP contribution in [0.2, 0.25) is 0 Å². The summed E-state index contributed by atoms with van der Waals surface area (Å²) in [5.74, 6) is 1.35. The number of anilines is 1. The number of hydrogen-bond donors (Lipinski definition) is 0. The van der Waals surface area contributed by atoms with Gasteiger partial charge in [0.05, 0.1) is 10.2 Å². The smallest absolute Gasteiger partial charge is 0.260 e. The van der Waals surface area contributed by atoms with E-state index < -0.39 is 0 Å². The molecule has 0 spiro atoms. The maximum absolute atomic E-state index is 13.2. The van der Waals surface area contributed by atoms with E-state index in [1.807, 2.05) is 55.4 Å². The molecule has 6 nitrogen and oxygen atoms in total. The fourth-order valence-electron chi connectivity index (χ4n) is 2.75. The number of halogens is 2. The van der Waals surface area contributed by atoms with Gasteiger partial charge in [-0.3, -0.25) is 9.69 Å². The summed E-state index contributed by atoms with van der Waals surface area (Å²) >= 11 is 4.89. The molecule has 0 fully saturated rings. The van der Waals surface area contributed by atoms with Crippen LogP contribution in [0.5, 0.6) is 11.5 Å². The number of thiazole rings is 1. The first-order chi connectivity index (χ1) is 13.0. The molecule has 148 valence electrons. The standard InChI is InChI=1S/C19H18BrN3O3S.ClH/c1-22(2)7-8-23(18(24)12-3-5-13(20)6-4-12)19-21-14-9-15-16(26-11-25-15)10-17(14)27-19;/h3-6,9-10H,7-8,11H2,1-2H3;1H. The number of hydrogen-bond acceptors (Lipinski definition) is 6.